The third-order valence-electron chi connectivity index (χ3n) is 8.14. The van der Waals surface area contributed by atoms with Crippen LogP contribution in [0, 0.1) is 6.92 Å². The van der Waals surface area contributed by atoms with Gasteiger partial charge in [0.25, 0.3) is 5.91 Å². The molecule has 4 N–H and O–H groups in total. The number of carbonyl (C=O) groups excluding carboxylic acids is 3. The van der Waals surface area contributed by atoms with Crippen molar-refractivity contribution in [3.8, 4) is 5.75 Å². The van der Waals surface area contributed by atoms with Crippen molar-refractivity contribution in [3.05, 3.63) is 83.1 Å². The molecule has 3 amide bonds. The van der Waals surface area contributed by atoms with Gasteiger partial charge in [0.05, 0.1) is 13.2 Å². The number of aryl methyl sites for hydroxylation is 1. The van der Waals surface area contributed by atoms with E-state index in [4.69, 9.17) is 19.9 Å². The number of amides is 3. The van der Waals surface area contributed by atoms with Gasteiger partial charge >= 0.3 is 6.09 Å². The maximum Gasteiger partial charge on any atom is 0.410 e. The van der Waals surface area contributed by atoms with Gasteiger partial charge in [-0.25, -0.2) is 4.79 Å². The Morgan fingerprint density at radius 3 is 2.47 bits per heavy atom. The quantitative estimate of drug-likeness (QED) is 0.424. The number of dihydropyridines is 1. The molecular weight excluding hydrogens is 574 g/mol. The third kappa shape index (κ3) is 7.66. The van der Waals surface area contributed by atoms with Crippen LogP contribution in [0.3, 0.4) is 0 Å². The highest BCUT2D eigenvalue weighted by atomic mass is 16.6. The normalized spacial score (nSPS) is 21.0. The van der Waals surface area contributed by atoms with E-state index in [0.717, 1.165) is 11.1 Å². The summed E-state index contributed by atoms with van der Waals surface area (Å²) in [5.74, 6) is -0.190. The van der Waals surface area contributed by atoms with E-state index in [1.54, 1.807) is 35.4 Å². The molecule has 0 bridgehead atoms. The molecule has 0 radical (unpaired) electrons. The van der Waals surface area contributed by atoms with Crippen LogP contribution in [0.15, 0.2) is 66.4 Å². The fourth-order valence-electron chi connectivity index (χ4n) is 5.75. The lowest BCUT2D eigenvalue weighted by Gasteiger charge is -2.46. The van der Waals surface area contributed by atoms with E-state index in [0.29, 0.717) is 74.8 Å². The molecule has 5 rings (SSSR count). The number of rotatable bonds is 7. The van der Waals surface area contributed by atoms with E-state index in [1.165, 1.54) is 0 Å². The monoisotopic (exact) mass is 617 g/mol. The van der Waals surface area contributed by atoms with Crippen LogP contribution >= 0.6 is 0 Å². The van der Waals surface area contributed by atoms with Crippen molar-refractivity contribution in [2.45, 2.75) is 57.9 Å². The number of nitrogens with one attached hydrogen (secondary N) is 2. The molecule has 1 atom stereocenters. The molecule has 240 valence electrons. The van der Waals surface area contributed by atoms with Gasteiger partial charge in [0.15, 0.2) is 0 Å². The fraction of sp³-hybridized carbons (Fsp3) is 0.441. The Morgan fingerprint density at radius 1 is 1.04 bits per heavy atom. The first-order valence-electron chi connectivity index (χ1n) is 15.4. The van der Waals surface area contributed by atoms with E-state index >= 15 is 0 Å². The number of benzene rings is 2. The van der Waals surface area contributed by atoms with Crippen molar-refractivity contribution < 1.29 is 28.6 Å². The third-order valence-corrected chi connectivity index (χ3v) is 8.14. The molecule has 0 saturated carbocycles. The first-order valence-corrected chi connectivity index (χ1v) is 15.4. The van der Waals surface area contributed by atoms with Gasteiger partial charge in [-0.1, -0.05) is 18.2 Å². The van der Waals surface area contributed by atoms with Gasteiger partial charge in [-0.05, 0) is 81.4 Å². The zero-order valence-corrected chi connectivity index (χ0v) is 26.4. The van der Waals surface area contributed by atoms with Crippen LogP contribution in [0.5, 0.6) is 5.75 Å². The Balaban J connectivity index is 1.29. The van der Waals surface area contributed by atoms with Crippen molar-refractivity contribution >= 4 is 23.6 Å². The maximum atomic E-state index is 13.5. The molecule has 3 aliphatic rings. The average Bonchev–Trinajstić information content (AvgIpc) is 3.02. The van der Waals surface area contributed by atoms with Gasteiger partial charge in [-0.3, -0.25) is 14.5 Å². The number of carbonyl (C=O) groups is 3. The van der Waals surface area contributed by atoms with Gasteiger partial charge in [-0.2, -0.15) is 0 Å². The minimum atomic E-state index is -0.844. The first-order chi connectivity index (χ1) is 21.4. The average molecular weight is 618 g/mol. The van der Waals surface area contributed by atoms with Gasteiger partial charge in [0, 0.05) is 55.8 Å². The van der Waals surface area contributed by atoms with Crippen LogP contribution in [0.1, 0.15) is 55.1 Å². The predicted octanol–water partition coefficient (Wildman–Crippen LogP) is 4.04. The number of morpholine rings is 1. The summed E-state index contributed by atoms with van der Waals surface area (Å²) < 4.78 is 17.3. The van der Waals surface area contributed by atoms with Crippen molar-refractivity contribution in [2.75, 3.05) is 44.7 Å². The number of piperidine rings is 1. The Kier molecular flexibility index (Phi) is 9.50. The summed E-state index contributed by atoms with van der Waals surface area (Å²) >= 11 is 0. The van der Waals surface area contributed by atoms with Gasteiger partial charge < -0.3 is 35.5 Å². The molecule has 0 aromatic heterocycles. The van der Waals surface area contributed by atoms with Crippen LogP contribution in [0.25, 0.3) is 0 Å². The number of nitrogens with zero attached hydrogens (tertiary/aromatic N) is 2. The van der Waals surface area contributed by atoms with Crippen LogP contribution in [-0.2, 0) is 19.9 Å². The number of primary amides is 1. The van der Waals surface area contributed by atoms with E-state index in [-0.39, 0.29) is 18.1 Å². The number of likely N-dealkylation sites (tertiary alicyclic amines) is 1. The summed E-state index contributed by atoms with van der Waals surface area (Å²) in [6.45, 7) is 11.0. The Morgan fingerprint density at radius 2 is 1.78 bits per heavy atom. The second-order valence-corrected chi connectivity index (χ2v) is 12.6. The van der Waals surface area contributed by atoms with Crippen LogP contribution < -0.4 is 21.1 Å². The lowest BCUT2D eigenvalue weighted by molar-refractivity contribution is -0.114. The highest BCUT2D eigenvalue weighted by molar-refractivity contribution is 6.05. The lowest BCUT2D eigenvalue weighted by Crippen LogP contribution is -2.58. The second kappa shape index (κ2) is 13.3. The molecule has 2 aromatic rings. The number of hydrogen-bond donors (Lipinski definition) is 3. The van der Waals surface area contributed by atoms with Crippen molar-refractivity contribution in [3.63, 3.8) is 0 Å². The fourth-order valence-corrected chi connectivity index (χ4v) is 5.75. The lowest BCUT2D eigenvalue weighted by atomic mass is 9.90. The smallest absolute Gasteiger partial charge is 0.410 e. The molecule has 2 saturated heterocycles. The first kappa shape index (κ1) is 32.1. The van der Waals surface area contributed by atoms with Crippen molar-refractivity contribution in [1.82, 2.24) is 15.1 Å². The Hall–Kier alpha value is -4.35. The topological polar surface area (TPSA) is 135 Å². The SMILES string of the molecule is Cc1ccc(C2(N3CCOCC3)C=C(C(N)=O)C=CN2)cc1NC(=O)c1cccc(OC2CCN(C(=O)OC(C)(C)C)CC2)c1. The van der Waals surface area contributed by atoms with Crippen LogP contribution in [-0.4, -0.2) is 78.8 Å². The Labute approximate surface area is 264 Å². The van der Waals surface area contributed by atoms with E-state index < -0.39 is 17.2 Å². The van der Waals surface area contributed by atoms with E-state index in [1.807, 2.05) is 58.0 Å². The molecule has 0 aliphatic carbocycles. The molecule has 2 aromatic carbocycles. The minimum Gasteiger partial charge on any atom is -0.490 e. The highest BCUT2D eigenvalue weighted by Crippen LogP contribution is 2.35. The molecule has 0 spiro atoms. The summed E-state index contributed by atoms with van der Waals surface area (Å²) in [4.78, 5) is 42.0. The number of anilines is 1. The second-order valence-electron chi connectivity index (χ2n) is 12.6. The van der Waals surface area contributed by atoms with E-state index in [9.17, 15) is 14.4 Å². The zero-order valence-electron chi connectivity index (χ0n) is 26.4. The van der Waals surface area contributed by atoms with Gasteiger partial charge in [-0.15, -0.1) is 0 Å². The predicted molar refractivity (Wildman–Crippen MR) is 171 cm³/mol. The highest BCUT2D eigenvalue weighted by Gasteiger charge is 2.39. The van der Waals surface area contributed by atoms with Crippen molar-refractivity contribution in [1.29, 1.82) is 0 Å². The zero-order chi connectivity index (χ0) is 32.2. The summed E-state index contributed by atoms with van der Waals surface area (Å²) in [5, 5.41) is 6.52. The molecular formula is C34H43N5O6. The molecule has 11 nitrogen and oxygen atoms in total. The largest absolute Gasteiger partial charge is 0.490 e. The van der Waals surface area contributed by atoms with Crippen LogP contribution in [0.2, 0.25) is 0 Å². The maximum absolute atomic E-state index is 13.5. The molecule has 45 heavy (non-hydrogen) atoms. The molecule has 3 aliphatic heterocycles. The molecule has 1 unspecified atom stereocenters. The molecule has 11 heteroatoms. The van der Waals surface area contributed by atoms with Crippen LogP contribution in [0.4, 0.5) is 10.5 Å². The molecule has 2 fully saturated rings. The summed E-state index contributed by atoms with van der Waals surface area (Å²) in [7, 11) is 0. The summed E-state index contributed by atoms with van der Waals surface area (Å²) in [6.07, 6.45) is 6.19. The molecule has 3 heterocycles. The number of nitrogens with two attached hydrogens (primary N) is 1. The van der Waals surface area contributed by atoms with Crippen molar-refractivity contribution in [2.24, 2.45) is 5.73 Å². The number of ether oxygens (including phenoxy) is 3. The summed E-state index contributed by atoms with van der Waals surface area (Å²) in [5.41, 5.74) is 7.54. The van der Waals surface area contributed by atoms with Gasteiger partial charge in [0.1, 0.15) is 23.1 Å². The Bertz CT molecular complexity index is 1480. The standard InChI is InChI=1S/C34H43N5O6/c1-23-8-9-26(34(39-16-18-43-19-17-39)22-25(30(35)40)10-13-36-34)21-29(23)37-31(41)24-6-5-7-28(20-24)44-27-11-14-38(15-12-27)32(42)45-33(2,3)4/h5-10,13,20-22,27,36H,11-12,14-19H2,1-4H3,(H2,35,40)(H,37,41). The number of hydrogen-bond acceptors (Lipinski definition) is 8. The minimum absolute atomic E-state index is 0.0762. The van der Waals surface area contributed by atoms with E-state index in [2.05, 4.69) is 15.5 Å². The van der Waals surface area contributed by atoms with Gasteiger partial charge in [0.2, 0.25) is 5.91 Å². The summed E-state index contributed by atoms with van der Waals surface area (Å²) in [6, 6.07) is 13.0.